The van der Waals surface area contributed by atoms with Crippen LogP contribution in [-0.2, 0) is 13.2 Å². The fraction of sp³-hybridized carbons (Fsp3) is 0.222. The quantitative estimate of drug-likeness (QED) is 0.664. The van der Waals surface area contributed by atoms with Crippen LogP contribution in [-0.4, -0.2) is 21.8 Å². The Morgan fingerprint density at radius 2 is 1.88 bits per heavy atom. The maximum atomic E-state index is 5.91. The summed E-state index contributed by atoms with van der Waals surface area (Å²) in [5.74, 6) is 2.12. The van der Waals surface area contributed by atoms with Gasteiger partial charge in [-0.25, -0.2) is 10.1 Å². The number of ether oxygens (including phenoxy) is 2. The minimum Gasteiger partial charge on any atom is -0.490 e. The lowest BCUT2D eigenvalue weighted by Gasteiger charge is -2.13. The monoisotopic (exact) mass is 324 g/mol. The molecule has 1 aromatic heterocycles. The van der Waals surface area contributed by atoms with Crippen molar-refractivity contribution in [3.8, 4) is 11.5 Å². The van der Waals surface area contributed by atoms with Crippen LogP contribution in [0.25, 0.3) is 0 Å². The summed E-state index contributed by atoms with van der Waals surface area (Å²) in [5.41, 5.74) is 2.19. The normalized spacial score (nSPS) is 10.4. The van der Waals surface area contributed by atoms with E-state index in [9.17, 15) is 0 Å². The number of benzene rings is 2. The van der Waals surface area contributed by atoms with Crippen LogP contribution in [0.5, 0.6) is 11.5 Å². The summed E-state index contributed by atoms with van der Waals surface area (Å²) in [4.78, 5) is 4.04. The van der Waals surface area contributed by atoms with Gasteiger partial charge in [-0.3, -0.25) is 0 Å². The van der Waals surface area contributed by atoms with Crippen molar-refractivity contribution in [1.82, 2.24) is 15.2 Å². The molecule has 0 bridgehead atoms. The average Bonchev–Trinajstić information content (AvgIpc) is 3.14. The molecule has 6 heteroatoms. The van der Waals surface area contributed by atoms with Gasteiger partial charge >= 0.3 is 0 Å². The number of rotatable bonds is 8. The van der Waals surface area contributed by atoms with Crippen molar-refractivity contribution < 1.29 is 9.47 Å². The topological polar surface area (TPSA) is 72.1 Å². The predicted octanol–water partition coefficient (Wildman–Crippen LogP) is 3.39. The first-order chi connectivity index (χ1) is 11.8. The summed E-state index contributed by atoms with van der Waals surface area (Å²) < 4.78 is 11.6. The van der Waals surface area contributed by atoms with Crippen molar-refractivity contribution in [2.24, 2.45) is 0 Å². The number of aromatic nitrogens is 3. The molecule has 3 rings (SSSR count). The largest absolute Gasteiger partial charge is 0.490 e. The van der Waals surface area contributed by atoms with E-state index in [1.807, 2.05) is 55.5 Å². The molecule has 0 aliphatic carbocycles. The molecule has 0 unspecified atom stereocenters. The number of hydrogen-bond acceptors (Lipinski definition) is 5. The van der Waals surface area contributed by atoms with E-state index in [0.29, 0.717) is 25.7 Å². The molecule has 0 aliphatic heterocycles. The fourth-order valence-corrected chi connectivity index (χ4v) is 2.26. The molecule has 0 aliphatic rings. The molecule has 0 fully saturated rings. The van der Waals surface area contributed by atoms with E-state index >= 15 is 0 Å². The van der Waals surface area contributed by atoms with Gasteiger partial charge in [0.1, 0.15) is 12.9 Å². The number of nitrogens with zero attached hydrogens (tertiary/aromatic N) is 2. The van der Waals surface area contributed by atoms with E-state index in [-0.39, 0.29) is 0 Å². The SMILES string of the molecule is CCOc1cc(CNc2ncn[nH]2)ccc1OCc1ccccc1. The smallest absolute Gasteiger partial charge is 0.218 e. The molecule has 24 heavy (non-hydrogen) atoms. The Kier molecular flexibility index (Phi) is 5.29. The van der Waals surface area contributed by atoms with E-state index in [1.165, 1.54) is 6.33 Å². The van der Waals surface area contributed by atoms with E-state index in [1.54, 1.807) is 0 Å². The van der Waals surface area contributed by atoms with Crippen molar-refractivity contribution in [2.75, 3.05) is 11.9 Å². The molecule has 0 saturated carbocycles. The van der Waals surface area contributed by atoms with Crippen LogP contribution in [0, 0.1) is 0 Å². The summed E-state index contributed by atoms with van der Waals surface area (Å²) in [6, 6.07) is 16.0. The van der Waals surface area contributed by atoms with Gasteiger partial charge in [-0.15, -0.1) is 0 Å². The number of hydrogen-bond donors (Lipinski definition) is 2. The number of anilines is 1. The Labute approximate surface area is 140 Å². The zero-order chi connectivity index (χ0) is 16.6. The molecule has 6 nitrogen and oxygen atoms in total. The fourth-order valence-electron chi connectivity index (χ4n) is 2.26. The third-order valence-corrected chi connectivity index (χ3v) is 3.42. The molecule has 3 aromatic rings. The highest BCUT2D eigenvalue weighted by Crippen LogP contribution is 2.29. The molecule has 0 atom stereocenters. The zero-order valence-corrected chi connectivity index (χ0v) is 13.5. The minimum atomic E-state index is 0.510. The van der Waals surface area contributed by atoms with Gasteiger partial charge in [0.15, 0.2) is 11.5 Å². The maximum absolute atomic E-state index is 5.91. The Morgan fingerprint density at radius 3 is 2.62 bits per heavy atom. The van der Waals surface area contributed by atoms with Gasteiger partial charge in [0.2, 0.25) is 5.95 Å². The van der Waals surface area contributed by atoms with Crippen LogP contribution >= 0.6 is 0 Å². The lowest BCUT2D eigenvalue weighted by Crippen LogP contribution is -2.03. The molecular formula is C18H20N4O2. The van der Waals surface area contributed by atoms with Crippen molar-refractivity contribution >= 4 is 5.95 Å². The third kappa shape index (κ3) is 4.25. The Hall–Kier alpha value is -3.02. The summed E-state index contributed by atoms with van der Waals surface area (Å²) >= 11 is 0. The predicted molar refractivity (Wildman–Crippen MR) is 92.1 cm³/mol. The molecule has 0 saturated heterocycles. The average molecular weight is 324 g/mol. The van der Waals surface area contributed by atoms with Gasteiger partial charge in [-0.1, -0.05) is 36.4 Å². The second kappa shape index (κ2) is 8.01. The lowest BCUT2D eigenvalue weighted by molar-refractivity contribution is 0.269. The second-order valence-corrected chi connectivity index (χ2v) is 5.18. The van der Waals surface area contributed by atoms with E-state index in [2.05, 4.69) is 20.5 Å². The molecule has 2 aromatic carbocycles. The van der Waals surface area contributed by atoms with Crippen molar-refractivity contribution in [1.29, 1.82) is 0 Å². The number of aromatic amines is 1. The standard InChI is InChI=1S/C18H20N4O2/c1-2-23-17-10-15(11-19-18-20-13-21-22-18)8-9-16(17)24-12-14-6-4-3-5-7-14/h3-10,13H,2,11-12H2,1H3,(H2,19,20,21,22). The zero-order valence-electron chi connectivity index (χ0n) is 13.5. The van der Waals surface area contributed by atoms with Crippen LogP contribution in [0.2, 0.25) is 0 Å². The molecule has 124 valence electrons. The third-order valence-electron chi connectivity index (χ3n) is 3.42. The number of nitrogens with one attached hydrogen (secondary N) is 2. The van der Waals surface area contributed by atoms with Gasteiger partial charge in [0, 0.05) is 6.54 Å². The van der Waals surface area contributed by atoms with Crippen molar-refractivity contribution in [3.63, 3.8) is 0 Å². The van der Waals surface area contributed by atoms with Gasteiger partial charge in [0.25, 0.3) is 0 Å². The first kappa shape index (κ1) is 15.9. The molecule has 0 amide bonds. The van der Waals surface area contributed by atoms with E-state index < -0.39 is 0 Å². The second-order valence-electron chi connectivity index (χ2n) is 5.18. The lowest BCUT2D eigenvalue weighted by atomic mass is 10.2. The summed E-state index contributed by atoms with van der Waals surface area (Å²) in [5, 5.41) is 9.74. The molecule has 0 spiro atoms. The molecule has 0 radical (unpaired) electrons. The minimum absolute atomic E-state index is 0.510. The van der Waals surface area contributed by atoms with Gasteiger partial charge < -0.3 is 14.8 Å². The van der Waals surface area contributed by atoms with Crippen molar-refractivity contribution in [3.05, 3.63) is 66.0 Å². The van der Waals surface area contributed by atoms with Crippen LogP contribution in [0.3, 0.4) is 0 Å². The van der Waals surface area contributed by atoms with Gasteiger partial charge in [-0.05, 0) is 30.2 Å². The Bertz CT molecular complexity index is 745. The van der Waals surface area contributed by atoms with Crippen LogP contribution < -0.4 is 14.8 Å². The first-order valence-electron chi connectivity index (χ1n) is 7.87. The first-order valence-corrected chi connectivity index (χ1v) is 7.87. The maximum Gasteiger partial charge on any atom is 0.218 e. The van der Waals surface area contributed by atoms with Gasteiger partial charge in [0.05, 0.1) is 6.61 Å². The van der Waals surface area contributed by atoms with Crippen LogP contribution in [0.4, 0.5) is 5.95 Å². The Morgan fingerprint density at radius 1 is 1.00 bits per heavy atom. The van der Waals surface area contributed by atoms with Crippen LogP contribution in [0.15, 0.2) is 54.9 Å². The highest BCUT2D eigenvalue weighted by Gasteiger charge is 2.07. The summed E-state index contributed by atoms with van der Waals surface area (Å²) in [6.45, 7) is 3.67. The van der Waals surface area contributed by atoms with Gasteiger partial charge in [-0.2, -0.15) is 5.10 Å². The Balaban J connectivity index is 1.67. The summed E-state index contributed by atoms with van der Waals surface area (Å²) in [6.07, 6.45) is 1.47. The van der Waals surface area contributed by atoms with E-state index in [0.717, 1.165) is 22.6 Å². The molecule has 2 N–H and O–H groups in total. The van der Waals surface area contributed by atoms with Crippen molar-refractivity contribution in [2.45, 2.75) is 20.1 Å². The highest BCUT2D eigenvalue weighted by atomic mass is 16.5. The van der Waals surface area contributed by atoms with E-state index in [4.69, 9.17) is 9.47 Å². The summed E-state index contributed by atoms with van der Waals surface area (Å²) in [7, 11) is 0. The highest BCUT2D eigenvalue weighted by molar-refractivity contribution is 5.44. The molecular weight excluding hydrogens is 304 g/mol. The van der Waals surface area contributed by atoms with Crippen LogP contribution in [0.1, 0.15) is 18.1 Å². The number of H-pyrrole nitrogens is 1. The molecule has 1 heterocycles.